The van der Waals surface area contributed by atoms with E-state index in [1.165, 1.54) is 30.6 Å². The molecule has 0 atom stereocenters. The van der Waals surface area contributed by atoms with Crippen molar-refractivity contribution in [2.45, 2.75) is 19.8 Å². The van der Waals surface area contributed by atoms with Crippen LogP contribution < -0.4 is 14.8 Å². The van der Waals surface area contributed by atoms with Crippen molar-refractivity contribution in [2.24, 2.45) is 0 Å². The van der Waals surface area contributed by atoms with Gasteiger partial charge in [0.05, 0.1) is 35.9 Å². The van der Waals surface area contributed by atoms with Gasteiger partial charge in [-0.2, -0.15) is 0 Å². The molecule has 0 saturated carbocycles. The van der Waals surface area contributed by atoms with Gasteiger partial charge in [-0.15, -0.1) is 11.3 Å². The third kappa shape index (κ3) is 5.56. The third-order valence-electron chi connectivity index (χ3n) is 4.44. The molecule has 1 aromatic heterocycles. The number of benzene rings is 2. The first kappa shape index (κ1) is 22.2. The monoisotopic (exact) mass is 443 g/mol. The van der Waals surface area contributed by atoms with E-state index in [1.54, 1.807) is 12.6 Å². The molecule has 31 heavy (non-hydrogen) atoms. The molecule has 0 saturated heterocycles. The van der Waals surface area contributed by atoms with Crippen LogP contribution in [0.4, 0.5) is 5.69 Å². The van der Waals surface area contributed by atoms with Crippen LogP contribution in [0.5, 0.6) is 11.5 Å². The SMILES string of the molecule is COCc1ccccc1CNC(=O)c1cc(OC)c(OCc2cscn2)cc1[N+](=O)[O-]. The lowest BCUT2D eigenvalue weighted by molar-refractivity contribution is -0.385. The number of nitrogens with one attached hydrogen (secondary N) is 1. The van der Waals surface area contributed by atoms with Crippen molar-refractivity contribution in [1.82, 2.24) is 10.3 Å². The number of methoxy groups -OCH3 is 2. The highest BCUT2D eigenvalue weighted by Gasteiger charge is 2.25. The Morgan fingerprint density at radius 2 is 1.94 bits per heavy atom. The Labute approximate surface area is 182 Å². The van der Waals surface area contributed by atoms with Crippen LogP contribution in [0.25, 0.3) is 0 Å². The van der Waals surface area contributed by atoms with E-state index in [1.807, 2.05) is 29.6 Å². The Morgan fingerprint density at radius 1 is 1.16 bits per heavy atom. The van der Waals surface area contributed by atoms with E-state index in [0.29, 0.717) is 12.3 Å². The molecule has 3 aromatic rings. The summed E-state index contributed by atoms with van der Waals surface area (Å²) in [6.45, 7) is 0.712. The van der Waals surface area contributed by atoms with Crippen LogP contribution in [-0.2, 0) is 24.5 Å². The van der Waals surface area contributed by atoms with E-state index < -0.39 is 10.8 Å². The molecule has 3 rings (SSSR count). The largest absolute Gasteiger partial charge is 0.493 e. The third-order valence-corrected chi connectivity index (χ3v) is 5.08. The molecule has 2 aromatic carbocycles. The summed E-state index contributed by atoms with van der Waals surface area (Å²) in [5.41, 5.74) is 3.63. The van der Waals surface area contributed by atoms with Gasteiger partial charge >= 0.3 is 0 Å². The molecule has 10 heteroatoms. The molecule has 1 amide bonds. The zero-order valence-electron chi connectivity index (χ0n) is 17.0. The maximum Gasteiger partial charge on any atom is 0.286 e. The number of thiazole rings is 1. The molecule has 1 heterocycles. The molecular formula is C21H21N3O6S. The lowest BCUT2D eigenvalue weighted by Crippen LogP contribution is -2.24. The molecule has 162 valence electrons. The first-order valence-corrected chi connectivity index (χ1v) is 10.2. The van der Waals surface area contributed by atoms with Crippen LogP contribution in [-0.4, -0.2) is 30.0 Å². The van der Waals surface area contributed by atoms with Gasteiger partial charge in [0.25, 0.3) is 11.6 Å². The van der Waals surface area contributed by atoms with E-state index >= 15 is 0 Å². The summed E-state index contributed by atoms with van der Waals surface area (Å²) in [6.07, 6.45) is 0. The van der Waals surface area contributed by atoms with Crippen molar-refractivity contribution < 1.29 is 23.9 Å². The predicted octanol–water partition coefficient (Wildman–Crippen LogP) is 3.72. The van der Waals surface area contributed by atoms with Crippen molar-refractivity contribution in [3.05, 3.63) is 79.8 Å². The summed E-state index contributed by atoms with van der Waals surface area (Å²) in [7, 11) is 2.99. The highest BCUT2D eigenvalue weighted by Crippen LogP contribution is 2.35. The molecule has 0 spiro atoms. The highest BCUT2D eigenvalue weighted by molar-refractivity contribution is 7.07. The lowest BCUT2D eigenvalue weighted by Gasteiger charge is -2.13. The molecule has 0 unspecified atom stereocenters. The van der Waals surface area contributed by atoms with Gasteiger partial charge in [-0.25, -0.2) is 4.98 Å². The number of carbonyl (C=O) groups excluding carboxylic acids is 1. The molecule has 9 nitrogen and oxygen atoms in total. The fourth-order valence-electron chi connectivity index (χ4n) is 2.91. The normalized spacial score (nSPS) is 10.5. The average Bonchev–Trinajstić information content (AvgIpc) is 3.30. The Morgan fingerprint density at radius 3 is 2.58 bits per heavy atom. The number of nitrogens with zero attached hydrogens (tertiary/aromatic N) is 2. The van der Waals surface area contributed by atoms with Crippen LogP contribution in [0, 0.1) is 10.1 Å². The molecule has 0 aliphatic carbocycles. The van der Waals surface area contributed by atoms with Crippen molar-refractivity contribution >= 4 is 22.9 Å². The van der Waals surface area contributed by atoms with E-state index in [2.05, 4.69) is 10.3 Å². The van der Waals surface area contributed by atoms with Crippen molar-refractivity contribution in [1.29, 1.82) is 0 Å². The molecule has 0 radical (unpaired) electrons. The van der Waals surface area contributed by atoms with E-state index in [9.17, 15) is 14.9 Å². The van der Waals surface area contributed by atoms with Gasteiger partial charge in [0.2, 0.25) is 0 Å². The maximum atomic E-state index is 12.8. The number of hydrogen-bond acceptors (Lipinski definition) is 8. The van der Waals surface area contributed by atoms with E-state index in [4.69, 9.17) is 14.2 Å². The minimum Gasteiger partial charge on any atom is -0.493 e. The van der Waals surface area contributed by atoms with Crippen molar-refractivity contribution in [3.8, 4) is 11.5 Å². The van der Waals surface area contributed by atoms with Gasteiger partial charge in [0, 0.05) is 25.1 Å². The minimum absolute atomic E-state index is 0.118. The highest BCUT2D eigenvalue weighted by atomic mass is 32.1. The van der Waals surface area contributed by atoms with Crippen LogP contribution in [0.2, 0.25) is 0 Å². The molecule has 0 aliphatic heterocycles. The van der Waals surface area contributed by atoms with Crippen molar-refractivity contribution in [2.75, 3.05) is 14.2 Å². The standard InChI is InChI=1S/C21H21N3O6S/c1-28-10-15-6-4-3-5-14(15)9-22-21(25)17-7-19(29-2)20(8-18(17)24(26)27)30-11-16-12-31-13-23-16/h3-8,12-13H,9-11H2,1-2H3,(H,22,25). The van der Waals surface area contributed by atoms with Gasteiger partial charge in [0.1, 0.15) is 12.2 Å². The lowest BCUT2D eigenvalue weighted by atomic mass is 10.1. The smallest absolute Gasteiger partial charge is 0.286 e. The summed E-state index contributed by atoms with van der Waals surface area (Å²) < 4.78 is 16.1. The average molecular weight is 443 g/mol. The van der Waals surface area contributed by atoms with Crippen LogP contribution in [0.3, 0.4) is 0 Å². The second-order valence-electron chi connectivity index (χ2n) is 6.43. The first-order valence-electron chi connectivity index (χ1n) is 9.23. The number of ether oxygens (including phenoxy) is 3. The van der Waals surface area contributed by atoms with Gasteiger partial charge in [-0.05, 0) is 11.1 Å². The zero-order valence-corrected chi connectivity index (χ0v) is 17.8. The van der Waals surface area contributed by atoms with Gasteiger partial charge in [0.15, 0.2) is 11.5 Å². The minimum atomic E-state index is -0.622. The Hall–Kier alpha value is -3.50. The Bertz CT molecular complexity index is 1060. The topological polar surface area (TPSA) is 113 Å². The summed E-state index contributed by atoms with van der Waals surface area (Å²) >= 11 is 1.42. The molecule has 1 N–H and O–H groups in total. The van der Waals surface area contributed by atoms with E-state index in [0.717, 1.165) is 11.1 Å². The van der Waals surface area contributed by atoms with E-state index in [-0.39, 0.29) is 35.9 Å². The number of carbonyl (C=O) groups is 1. The Balaban J connectivity index is 1.82. The fourth-order valence-corrected chi connectivity index (χ4v) is 3.46. The van der Waals surface area contributed by atoms with Gasteiger partial charge in [-0.3, -0.25) is 14.9 Å². The fraction of sp³-hybridized carbons (Fsp3) is 0.238. The predicted molar refractivity (Wildman–Crippen MR) is 114 cm³/mol. The zero-order chi connectivity index (χ0) is 22.2. The van der Waals surface area contributed by atoms with Gasteiger partial charge in [-0.1, -0.05) is 24.3 Å². The number of hydrogen-bond donors (Lipinski definition) is 1. The van der Waals surface area contributed by atoms with Gasteiger partial charge < -0.3 is 19.5 Å². The molecule has 0 fully saturated rings. The van der Waals surface area contributed by atoms with Crippen LogP contribution in [0.15, 0.2) is 47.3 Å². The van der Waals surface area contributed by atoms with Crippen LogP contribution in [0.1, 0.15) is 27.2 Å². The molecule has 0 bridgehead atoms. The number of amides is 1. The summed E-state index contributed by atoms with van der Waals surface area (Å²) in [5, 5.41) is 16.2. The summed E-state index contributed by atoms with van der Waals surface area (Å²) in [4.78, 5) is 27.9. The quantitative estimate of drug-likeness (QED) is 0.375. The number of rotatable bonds is 10. The first-order chi connectivity index (χ1) is 15.0. The molecular weight excluding hydrogens is 422 g/mol. The van der Waals surface area contributed by atoms with Crippen LogP contribution >= 0.6 is 11.3 Å². The second kappa shape index (κ2) is 10.5. The molecule has 0 aliphatic rings. The second-order valence-corrected chi connectivity index (χ2v) is 7.15. The maximum absolute atomic E-state index is 12.8. The number of nitro benzene ring substituents is 1. The number of nitro groups is 1. The summed E-state index contributed by atoms with van der Waals surface area (Å²) in [5.74, 6) is -0.224. The Kier molecular flexibility index (Phi) is 7.52. The number of aromatic nitrogens is 1. The summed E-state index contributed by atoms with van der Waals surface area (Å²) in [6, 6.07) is 9.98. The van der Waals surface area contributed by atoms with Crippen molar-refractivity contribution in [3.63, 3.8) is 0 Å².